The molecule has 2 rings (SSSR count). The Kier molecular flexibility index (Phi) is 3.73. The molecule has 0 saturated carbocycles. The standard InChI is InChI=1S/C11H6Cl2F2N2O2/c12-8-3-9(18)16-11(19)17(8)4-5-6(14)1-2-7(15)10(5)13/h1-3H,4H2,(H,16,18,19). The molecule has 0 aliphatic heterocycles. The van der Waals surface area contributed by atoms with Crippen LogP contribution in [0.1, 0.15) is 5.56 Å². The molecule has 0 fully saturated rings. The van der Waals surface area contributed by atoms with Crippen LogP contribution in [0.3, 0.4) is 0 Å². The summed E-state index contributed by atoms with van der Waals surface area (Å²) in [5.41, 5.74) is -1.74. The van der Waals surface area contributed by atoms with Crippen LogP contribution in [-0.4, -0.2) is 9.55 Å². The quantitative estimate of drug-likeness (QED) is 0.683. The van der Waals surface area contributed by atoms with Crippen LogP contribution in [0.25, 0.3) is 0 Å². The molecule has 4 nitrogen and oxygen atoms in total. The van der Waals surface area contributed by atoms with Crippen LogP contribution in [0.15, 0.2) is 27.8 Å². The predicted molar refractivity (Wildman–Crippen MR) is 66.8 cm³/mol. The molecule has 0 radical (unpaired) electrons. The van der Waals surface area contributed by atoms with Crippen LogP contribution >= 0.6 is 23.2 Å². The van der Waals surface area contributed by atoms with Crippen LogP contribution in [-0.2, 0) is 6.54 Å². The monoisotopic (exact) mass is 306 g/mol. The van der Waals surface area contributed by atoms with Crippen molar-refractivity contribution in [3.63, 3.8) is 0 Å². The highest BCUT2D eigenvalue weighted by atomic mass is 35.5. The topological polar surface area (TPSA) is 54.9 Å². The normalized spacial score (nSPS) is 10.7. The molecule has 0 atom stereocenters. The molecule has 19 heavy (non-hydrogen) atoms. The fourth-order valence-electron chi connectivity index (χ4n) is 1.51. The first-order chi connectivity index (χ1) is 8.90. The molecule has 0 saturated heterocycles. The molecular formula is C11H6Cl2F2N2O2. The van der Waals surface area contributed by atoms with Crippen molar-refractivity contribution in [3.8, 4) is 0 Å². The molecule has 8 heteroatoms. The predicted octanol–water partition coefficient (Wildman–Crippen LogP) is 2.17. The van der Waals surface area contributed by atoms with Gasteiger partial charge in [-0.2, -0.15) is 0 Å². The Morgan fingerprint density at radius 1 is 1.16 bits per heavy atom. The maximum absolute atomic E-state index is 13.6. The van der Waals surface area contributed by atoms with E-state index in [4.69, 9.17) is 23.2 Å². The summed E-state index contributed by atoms with van der Waals surface area (Å²) >= 11 is 11.4. The fraction of sp³-hybridized carbons (Fsp3) is 0.0909. The largest absolute Gasteiger partial charge is 0.329 e. The Labute approximate surface area is 115 Å². The molecular weight excluding hydrogens is 301 g/mol. The second-order valence-electron chi connectivity index (χ2n) is 3.67. The number of hydrogen-bond donors (Lipinski definition) is 1. The molecule has 0 aliphatic carbocycles. The van der Waals surface area contributed by atoms with Gasteiger partial charge in [0.1, 0.15) is 16.8 Å². The van der Waals surface area contributed by atoms with E-state index in [9.17, 15) is 18.4 Å². The zero-order chi connectivity index (χ0) is 14.2. The number of aromatic amines is 1. The fourth-order valence-corrected chi connectivity index (χ4v) is 1.96. The maximum atomic E-state index is 13.6. The molecule has 1 heterocycles. The minimum absolute atomic E-state index is 0.200. The number of rotatable bonds is 2. The van der Waals surface area contributed by atoms with E-state index in [0.717, 1.165) is 22.8 Å². The molecule has 0 spiro atoms. The first-order valence-electron chi connectivity index (χ1n) is 5.02. The van der Waals surface area contributed by atoms with Gasteiger partial charge in [-0.25, -0.2) is 13.6 Å². The van der Waals surface area contributed by atoms with Gasteiger partial charge >= 0.3 is 5.69 Å². The summed E-state index contributed by atoms with van der Waals surface area (Å²) in [5.74, 6) is -1.59. The maximum Gasteiger partial charge on any atom is 0.329 e. The summed E-state index contributed by atoms with van der Waals surface area (Å²) in [7, 11) is 0. The highest BCUT2D eigenvalue weighted by molar-refractivity contribution is 6.31. The van der Waals surface area contributed by atoms with Gasteiger partial charge in [0.15, 0.2) is 0 Å². The van der Waals surface area contributed by atoms with Crippen molar-refractivity contribution in [2.45, 2.75) is 6.54 Å². The second kappa shape index (κ2) is 5.14. The molecule has 0 bridgehead atoms. The van der Waals surface area contributed by atoms with Gasteiger partial charge in [-0.15, -0.1) is 0 Å². The number of benzene rings is 1. The third-order valence-corrected chi connectivity index (χ3v) is 3.16. The van der Waals surface area contributed by atoms with Crippen molar-refractivity contribution in [2.75, 3.05) is 0 Å². The van der Waals surface area contributed by atoms with E-state index in [0.29, 0.717) is 0 Å². The summed E-state index contributed by atoms with van der Waals surface area (Å²) in [6, 6.07) is 2.72. The third kappa shape index (κ3) is 2.69. The number of nitrogens with one attached hydrogen (secondary N) is 1. The number of aromatic nitrogens is 2. The molecule has 1 aromatic carbocycles. The summed E-state index contributed by atoms with van der Waals surface area (Å²) in [6.07, 6.45) is 0. The van der Waals surface area contributed by atoms with Crippen molar-refractivity contribution in [1.29, 1.82) is 0 Å². The summed E-state index contributed by atoms with van der Waals surface area (Å²) in [4.78, 5) is 24.5. The van der Waals surface area contributed by atoms with Gasteiger partial charge in [-0.3, -0.25) is 14.3 Å². The summed E-state index contributed by atoms with van der Waals surface area (Å²) in [5, 5.41) is -0.636. The van der Waals surface area contributed by atoms with E-state index >= 15 is 0 Å². The van der Waals surface area contributed by atoms with E-state index in [1.807, 2.05) is 4.98 Å². The Bertz CT molecular complexity index is 755. The first-order valence-corrected chi connectivity index (χ1v) is 5.78. The van der Waals surface area contributed by atoms with E-state index in [2.05, 4.69) is 0 Å². The average molecular weight is 307 g/mol. The summed E-state index contributed by atoms with van der Waals surface area (Å²) < 4.78 is 27.7. The van der Waals surface area contributed by atoms with Gasteiger partial charge in [0, 0.05) is 11.6 Å². The van der Waals surface area contributed by atoms with Gasteiger partial charge in [-0.05, 0) is 12.1 Å². The van der Waals surface area contributed by atoms with Crippen LogP contribution < -0.4 is 11.2 Å². The molecule has 0 aliphatic rings. The van der Waals surface area contributed by atoms with Gasteiger partial charge in [0.05, 0.1) is 11.6 Å². The molecule has 0 unspecified atom stereocenters. The zero-order valence-electron chi connectivity index (χ0n) is 9.21. The van der Waals surface area contributed by atoms with Gasteiger partial charge in [-0.1, -0.05) is 23.2 Å². The lowest BCUT2D eigenvalue weighted by atomic mass is 10.2. The van der Waals surface area contributed by atoms with Crippen molar-refractivity contribution in [2.24, 2.45) is 0 Å². The number of halogens is 4. The lowest BCUT2D eigenvalue weighted by molar-refractivity contribution is 0.572. The lowest BCUT2D eigenvalue weighted by Crippen LogP contribution is -2.30. The SMILES string of the molecule is O=c1cc(Cl)n(Cc2c(F)ccc(F)c2Cl)c(=O)[nH]1. The van der Waals surface area contributed by atoms with E-state index in [1.54, 1.807) is 0 Å². The van der Waals surface area contributed by atoms with Crippen molar-refractivity contribution < 1.29 is 8.78 Å². The molecule has 100 valence electrons. The van der Waals surface area contributed by atoms with Gasteiger partial charge in [0.25, 0.3) is 5.56 Å². The van der Waals surface area contributed by atoms with Gasteiger partial charge in [0.2, 0.25) is 0 Å². The average Bonchev–Trinajstić information content (AvgIpc) is 2.32. The Hall–Kier alpha value is -1.66. The van der Waals surface area contributed by atoms with E-state index in [1.165, 1.54) is 0 Å². The molecule has 1 aromatic heterocycles. The number of hydrogen-bond acceptors (Lipinski definition) is 2. The first kappa shape index (κ1) is 13.8. The Morgan fingerprint density at radius 3 is 2.42 bits per heavy atom. The number of nitrogens with zero attached hydrogens (tertiary/aromatic N) is 1. The van der Waals surface area contributed by atoms with E-state index in [-0.39, 0.29) is 10.7 Å². The molecule has 2 aromatic rings. The van der Waals surface area contributed by atoms with Gasteiger partial charge < -0.3 is 0 Å². The smallest absolute Gasteiger partial charge is 0.279 e. The third-order valence-electron chi connectivity index (χ3n) is 2.44. The number of H-pyrrole nitrogens is 1. The van der Waals surface area contributed by atoms with Crippen molar-refractivity contribution in [3.05, 3.63) is 66.4 Å². The minimum atomic E-state index is -0.836. The molecule has 1 N–H and O–H groups in total. The van der Waals surface area contributed by atoms with Crippen molar-refractivity contribution in [1.82, 2.24) is 9.55 Å². The second-order valence-corrected chi connectivity index (χ2v) is 4.43. The lowest BCUT2D eigenvalue weighted by Gasteiger charge is -2.10. The van der Waals surface area contributed by atoms with E-state index < -0.39 is 34.5 Å². The summed E-state index contributed by atoms with van der Waals surface area (Å²) in [6.45, 7) is -0.392. The van der Waals surface area contributed by atoms with Crippen LogP contribution in [0.4, 0.5) is 8.78 Å². The highest BCUT2D eigenvalue weighted by Crippen LogP contribution is 2.23. The zero-order valence-corrected chi connectivity index (χ0v) is 10.7. The Balaban J connectivity index is 2.57. The minimum Gasteiger partial charge on any atom is -0.279 e. The van der Waals surface area contributed by atoms with Crippen LogP contribution in [0.2, 0.25) is 10.2 Å². The molecule has 0 amide bonds. The Morgan fingerprint density at radius 2 is 1.79 bits per heavy atom. The highest BCUT2D eigenvalue weighted by Gasteiger charge is 2.14. The van der Waals surface area contributed by atoms with Crippen LogP contribution in [0, 0.1) is 11.6 Å². The van der Waals surface area contributed by atoms with Crippen molar-refractivity contribution >= 4 is 23.2 Å². The van der Waals surface area contributed by atoms with Crippen LogP contribution in [0.5, 0.6) is 0 Å².